The zero-order chi connectivity index (χ0) is 11.1. The van der Waals surface area contributed by atoms with Gasteiger partial charge in [-0.2, -0.15) is 0 Å². The lowest BCUT2D eigenvalue weighted by Crippen LogP contribution is -2.23. The number of aryl methyl sites for hydroxylation is 2. The molecule has 86 valence electrons. The molecule has 3 heteroatoms. The van der Waals surface area contributed by atoms with Crippen molar-refractivity contribution < 1.29 is 0 Å². The van der Waals surface area contributed by atoms with E-state index in [9.17, 15) is 0 Å². The number of hydrogen-bond donors (Lipinski definition) is 2. The quantitative estimate of drug-likeness (QED) is 0.748. The number of thiophene rings is 1. The summed E-state index contributed by atoms with van der Waals surface area (Å²) in [5.74, 6) is 0.488. The normalized spacial score (nSPS) is 11.2. The van der Waals surface area contributed by atoms with Gasteiger partial charge < -0.3 is 11.5 Å². The molecule has 0 saturated heterocycles. The molecule has 1 aromatic heterocycles. The highest BCUT2D eigenvalue weighted by atomic mass is 32.1. The van der Waals surface area contributed by atoms with E-state index in [1.54, 1.807) is 0 Å². The van der Waals surface area contributed by atoms with Crippen LogP contribution in [0.3, 0.4) is 0 Å². The molecule has 0 aliphatic heterocycles. The fourth-order valence-electron chi connectivity index (χ4n) is 1.62. The molecule has 0 bridgehead atoms. The summed E-state index contributed by atoms with van der Waals surface area (Å²) in [6.45, 7) is 3.64. The summed E-state index contributed by atoms with van der Waals surface area (Å²) in [5.41, 5.74) is 11.2. The van der Waals surface area contributed by atoms with E-state index in [0.29, 0.717) is 19.0 Å². The first-order chi connectivity index (χ1) is 7.30. The van der Waals surface area contributed by atoms with Gasteiger partial charge in [0.25, 0.3) is 0 Å². The van der Waals surface area contributed by atoms with Crippen molar-refractivity contribution in [1.82, 2.24) is 0 Å². The predicted octanol–water partition coefficient (Wildman–Crippen LogP) is 2.17. The maximum absolute atomic E-state index is 5.62. The number of nitrogens with two attached hydrogens (primary N) is 2. The van der Waals surface area contributed by atoms with Gasteiger partial charge in [-0.3, -0.25) is 0 Å². The second-order valence-electron chi connectivity index (χ2n) is 3.99. The van der Waals surface area contributed by atoms with E-state index in [0.717, 1.165) is 12.8 Å². The van der Waals surface area contributed by atoms with Gasteiger partial charge in [0.1, 0.15) is 0 Å². The third-order valence-electron chi connectivity index (χ3n) is 2.68. The minimum Gasteiger partial charge on any atom is -0.330 e. The molecule has 0 aliphatic rings. The van der Waals surface area contributed by atoms with Crippen LogP contribution in [-0.4, -0.2) is 13.1 Å². The van der Waals surface area contributed by atoms with E-state index >= 15 is 0 Å². The van der Waals surface area contributed by atoms with Crippen molar-refractivity contribution in [2.75, 3.05) is 13.1 Å². The summed E-state index contributed by atoms with van der Waals surface area (Å²) >= 11 is 1.94. The minimum atomic E-state index is 0.488. The minimum absolute atomic E-state index is 0.488. The van der Waals surface area contributed by atoms with Gasteiger partial charge in [0.15, 0.2) is 0 Å². The van der Waals surface area contributed by atoms with Gasteiger partial charge in [-0.1, -0.05) is 13.3 Å². The molecule has 0 spiro atoms. The van der Waals surface area contributed by atoms with Crippen molar-refractivity contribution in [2.24, 2.45) is 17.4 Å². The summed E-state index contributed by atoms with van der Waals surface area (Å²) in [5, 5.41) is 0. The molecular formula is C12H22N2S. The average molecular weight is 226 g/mol. The highest BCUT2D eigenvalue weighted by Gasteiger charge is 2.06. The second kappa shape index (κ2) is 6.99. The van der Waals surface area contributed by atoms with Crippen LogP contribution in [0.4, 0.5) is 0 Å². The van der Waals surface area contributed by atoms with E-state index in [1.807, 2.05) is 11.3 Å². The van der Waals surface area contributed by atoms with E-state index in [2.05, 4.69) is 19.1 Å². The third-order valence-corrected chi connectivity index (χ3v) is 3.88. The van der Waals surface area contributed by atoms with Gasteiger partial charge in [0.2, 0.25) is 0 Å². The molecule has 1 aromatic rings. The van der Waals surface area contributed by atoms with Gasteiger partial charge in [-0.25, -0.2) is 0 Å². The highest BCUT2D eigenvalue weighted by Crippen LogP contribution is 2.20. The van der Waals surface area contributed by atoms with Crippen LogP contribution in [0.25, 0.3) is 0 Å². The van der Waals surface area contributed by atoms with Crippen LogP contribution in [0.1, 0.15) is 29.5 Å². The molecule has 0 aliphatic carbocycles. The number of hydrogen-bond acceptors (Lipinski definition) is 3. The molecule has 0 amide bonds. The van der Waals surface area contributed by atoms with Crippen LogP contribution >= 0.6 is 11.3 Å². The largest absolute Gasteiger partial charge is 0.330 e. The Hall–Kier alpha value is -0.380. The van der Waals surface area contributed by atoms with Crippen molar-refractivity contribution in [1.29, 1.82) is 0 Å². The van der Waals surface area contributed by atoms with Crippen molar-refractivity contribution in [3.05, 3.63) is 21.9 Å². The average Bonchev–Trinajstić information content (AvgIpc) is 2.68. The van der Waals surface area contributed by atoms with Crippen LogP contribution in [0, 0.1) is 5.92 Å². The van der Waals surface area contributed by atoms with Gasteiger partial charge in [-0.15, -0.1) is 11.3 Å². The lowest BCUT2D eigenvalue weighted by molar-refractivity contribution is 0.509. The first-order valence-electron chi connectivity index (χ1n) is 5.77. The molecule has 2 nitrogen and oxygen atoms in total. The van der Waals surface area contributed by atoms with Gasteiger partial charge in [0, 0.05) is 9.75 Å². The van der Waals surface area contributed by atoms with E-state index in [-0.39, 0.29) is 0 Å². The molecule has 1 rings (SSSR count). The molecule has 15 heavy (non-hydrogen) atoms. The lowest BCUT2D eigenvalue weighted by atomic mass is 10.0. The molecule has 4 N–H and O–H groups in total. The maximum Gasteiger partial charge on any atom is 0.00482 e. The van der Waals surface area contributed by atoms with Gasteiger partial charge >= 0.3 is 0 Å². The second-order valence-corrected chi connectivity index (χ2v) is 5.25. The Labute approximate surface area is 96.7 Å². The Kier molecular flexibility index (Phi) is 5.91. The van der Waals surface area contributed by atoms with Gasteiger partial charge in [0.05, 0.1) is 0 Å². The molecule has 0 saturated carbocycles. The summed E-state index contributed by atoms with van der Waals surface area (Å²) in [6.07, 6.45) is 4.70. The fourth-order valence-corrected chi connectivity index (χ4v) is 2.75. The number of rotatable bonds is 7. The molecule has 0 unspecified atom stereocenters. The smallest absolute Gasteiger partial charge is 0.00482 e. The zero-order valence-electron chi connectivity index (χ0n) is 9.54. The lowest BCUT2D eigenvalue weighted by Gasteiger charge is -2.10. The fraction of sp³-hybridized carbons (Fsp3) is 0.667. The van der Waals surface area contributed by atoms with Gasteiger partial charge in [-0.05, 0) is 50.4 Å². The van der Waals surface area contributed by atoms with Crippen molar-refractivity contribution in [2.45, 2.75) is 32.6 Å². The van der Waals surface area contributed by atoms with Crippen LogP contribution in [-0.2, 0) is 12.8 Å². The Bertz CT molecular complexity index is 266. The van der Waals surface area contributed by atoms with E-state index < -0.39 is 0 Å². The first kappa shape index (κ1) is 12.7. The Morgan fingerprint density at radius 2 is 1.73 bits per heavy atom. The monoisotopic (exact) mass is 226 g/mol. The summed E-state index contributed by atoms with van der Waals surface area (Å²) in [7, 11) is 0. The molecule has 0 aromatic carbocycles. The molecular weight excluding hydrogens is 204 g/mol. The predicted molar refractivity (Wildman–Crippen MR) is 68.2 cm³/mol. The highest BCUT2D eigenvalue weighted by molar-refractivity contribution is 7.11. The summed E-state index contributed by atoms with van der Waals surface area (Å²) in [4.78, 5) is 2.98. The maximum atomic E-state index is 5.62. The van der Waals surface area contributed by atoms with Crippen LogP contribution in [0.5, 0.6) is 0 Å². The molecule has 1 heterocycles. The summed E-state index contributed by atoms with van der Waals surface area (Å²) in [6, 6.07) is 4.50. The summed E-state index contributed by atoms with van der Waals surface area (Å²) < 4.78 is 0. The Morgan fingerprint density at radius 3 is 2.27 bits per heavy atom. The topological polar surface area (TPSA) is 52.0 Å². The van der Waals surface area contributed by atoms with E-state index in [4.69, 9.17) is 11.5 Å². The van der Waals surface area contributed by atoms with Crippen LogP contribution in [0.15, 0.2) is 12.1 Å². The zero-order valence-corrected chi connectivity index (χ0v) is 10.4. The Morgan fingerprint density at radius 1 is 1.13 bits per heavy atom. The van der Waals surface area contributed by atoms with Crippen LogP contribution in [0.2, 0.25) is 0 Å². The third kappa shape index (κ3) is 4.33. The standard InChI is InChI=1S/C12H22N2S/c1-2-3-11-6-7-12(15-11)5-4-10(8-13)9-14/h6-7,10H,2-5,8-9,13-14H2,1H3. The molecule has 0 radical (unpaired) electrons. The van der Waals surface area contributed by atoms with Crippen molar-refractivity contribution >= 4 is 11.3 Å². The Balaban J connectivity index is 2.36. The SMILES string of the molecule is CCCc1ccc(CCC(CN)CN)s1. The van der Waals surface area contributed by atoms with Crippen molar-refractivity contribution in [3.8, 4) is 0 Å². The van der Waals surface area contributed by atoms with Crippen molar-refractivity contribution in [3.63, 3.8) is 0 Å². The van der Waals surface area contributed by atoms with E-state index in [1.165, 1.54) is 22.6 Å². The molecule has 0 atom stereocenters. The first-order valence-corrected chi connectivity index (χ1v) is 6.59. The molecule has 0 fully saturated rings. The van der Waals surface area contributed by atoms with Crippen LogP contribution < -0.4 is 11.5 Å².